The van der Waals surface area contributed by atoms with Gasteiger partial charge in [-0.25, -0.2) is 4.79 Å². The summed E-state index contributed by atoms with van der Waals surface area (Å²) in [5.74, 6) is -0.227. The standard InChI is InChI=1S/C14H14ClN5O2S2/c1-8(11(21)20-6-5-16-13(20)22)23-14-19-18-12(24-14)17-10-4-2-3-9(15)7-10/h2-4,7-8H,5-6H2,1H3,(H,16,22)(H,17,18)/t8-/m0/s1. The number of aromatic nitrogens is 2. The molecule has 1 aromatic carbocycles. The highest BCUT2D eigenvalue weighted by Crippen LogP contribution is 2.31. The number of urea groups is 1. The van der Waals surface area contributed by atoms with Crippen LogP contribution in [0.15, 0.2) is 28.6 Å². The summed E-state index contributed by atoms with van der Waals surface area (Å²) >= 11 is 8.56. The van der Waals surface area contributed by atoms with Crippen LogP contribution in [0, 0.1) is 0 Å². The number of nitrogens with one attached hydrogen (secondary N) is 2. The Bertz CT molecular complexity index is 769. The minimum absolute atomic E-state index is 0.227. The van der Waals surface area contributed by atoms with Crippen molar-refractivity contribution >= 4 is 57.5 Å². The third-order valence-corrected chi connectivity index (χ3v) is 5.48. The summed E-state index contributed by atoms with van der Waals surface area (Å²) in [6, 6.07) is 6.94. The van der Waals surface area contributed by atoms with E-state index in [1.165, 1.54) is 28.0 Å². The molecule has 24 heavy (non-hydrogen) atoms. The molecule has 2 N–H and O–H groups in total. The molecule has 1 aromatic heterocycles. The lowest BCUT2D eigenvalue weighted by molar-refractivity contribution is -0.126. The van der Waals surface area contributed by atoms with Gasteiger partial charge >= 0.3 is 6.03 Å². The first-order valence-electron chi connectivity index (χ1n) is 7.15. The number of anilines is 2. The SMILES string of the molecule is C[C@H](Sc1nnc(Nc2cccc(Cl)c2)s1)C(=O)N1CCNC1=O. The van der Waals surface area contributed by atoms with E-state index in [0.717, 1.165) is 5.69 Å². The Hall–Kier alpha value is -1.84. The number of carbonyl (C=O) groups excluding carboxylic acids is 2. The summed E-state index contributed by atoms with van der Waals surface area (Å²) in [5, 5.41) is 14.7. The van der Waals surface area contributed by atoms with E-state index in [2.05, 4.69) is 20.8 Å². The summed E-state index contributed by atoms with van der Waals surface area (Å²) < 4.78 is 0.653. The minimum atomic E-state index is -0.416. The van der Waals surface area contributed by atoms with Crippen LogP contribution in [0.2, 0.25) is 5.02 Å². The van der Waals surface area contributed by atoms with Crippen molar-refractivity contribution in [3.8, 4) is 0 Å². The molecule has 1 atom stereocenters. The fourth-order valence-electron chi connectivity index (χ4n) is 2.10. The molecule has 0 saturated carbocycles. The van der Waals surface area contributed by atoms with Crippen LogP contribution < -0.4 is 10.6 Å². The Kier molecular flexibility index (Phi) is 5.22. The predicted octanol–water partition coefficient (Wildman–Crippen LogP) is 2.97. The second-order valence-electron chi connectivity index (χ2n) is 4.99. The van der Waals surface area contributed by atoms with Gasteiger partial charge in [-0.2, -0.15) is 0 Å². The van der Waals surface area contributed by atoms with E-state index in [-0.39, 0.29) is 11.9 Å². The van der Waals surface area contributed by atoms with Crippen LogP contribution in [0.4, 0.5) is 15.6 Å². The van der Waals surface area contributed by atoms with Crippen molar-refractivity contribution in [2.45, 2.75) is 16.5 Å². The van der Waals surface area contributed by atoms with Gasteiger partial charge in [0.05, 0.1) is 5.25 Å². The van der Waals surface area contributed by atoms with Crippen molar-refractivity contribution in [3.05, 3.63) is 29.3 Å². The van der Waals surface area contributed by atoms with Gasteiger partial charge in [0.25, 0.3) is 0 Å². The van der Waals surface area contributed by atoms with E-state index >= 15 is 0 Å². The van der Waals surface area contributed by atoms with Gasteiger partial charge < -0.3 is 10.6 Å². The second-order valence-corrected chi connectivity index (χ2v) is 7.99. The molecule has 7 nitrogen and oxygen atoms in total. The van der Waals surface area contributed by atoms with Gasteiger partial charge in [-0.3, -0.25) is 9.69 Å². The van der Waals surface area contributed by atoms with Crippen LogP contribution in [0.25, 0.3) is 0 Å². The van der Waals surface area contributed by atoms with Crippen molar-refractivity contribution in [2.75, 3.05) is 18.4 Å². The number of carbonyl (C=O) groups is 2. The highest BCUT2D eigenvalue weighted by Gasteiger charge is 2.30. The fraction of sp³-hybridized carbons (Fsp3) is 0.286. The van der Waals surface area contributed by atoms with Gasteiger partial charge in [0, 0.05) is 23.8 Å². The summed E-state index contributed by atoms with van der Waals surface area (Å²) in [6.07, 6.45) is 0. The summed E-state index contributed by atoms with van der Waals surface area (Å²) in [7, 11) is 0. The lowest BCUT2D eigenvalue weighted by atomic mass is 10.3. The summed E-state index contributed by atoms with van der Waals surface area (Å²) in [5.41, 5.74) is 0.813. The van der Waals surface area contributed by atoms with Crippen LogP contribution in [-0.4, -0.2) is 45.4 Å². The van der Waals surface area contributed by atoms with Crippen molar-refractivity contribution in [1.82, 2.24) is 20.4 Å². The van der Waals surface area contributed by atoms with Crippen molar-refractivity contribution in [2.24, 2.45) is 0 Å². The number of amides is 3. The molecule has 3 amide bonds. The number of benzene rings is 1. The molecule has 0 bridgehead atoms. The molecule has 0 unspecified atom stereocenters. The van der Waals surface area contributed by atoms with E-state index in [0.29, 0.717) is 27.6 Å². The largest absolute Gasteiger partial charge is 0.336 e. The van der Waals surface area contributed by atoms with Crippen LogP contribution in [0.5, 0.6) is 0 Å². The number of hydrogen-bond acceptors (Lipinski definition) is 7. The van der Waals surface area contributed by atoms with Gasteiger partial charge in [0.15, 0.2) is 4.34 Å². The first kappa shape index (κ1) is 17.0. The number of rotatable bonds is 5. The topological polar surface area (TPSA) is 87.2 Å². The summed E-state index contributed by atoms with van der Waals surface area (Å²) in [6.45, 7) is 2.65. The van der Waals surface area contributed by atoms with Crippen molar-refractivity contribution in [3.63, 3.8) is 0 Å². The Morgan fingerprint density at radius 3 is 3.04 bits per heavy atom. The molecule has 2 aromatic rings. The molecular weight excluding hydrogens is 370 g/mol. The van der Waals surface area contributed by atoms with Gasteiger partial charge in [-0.15, -0.1) is 10.2 Å². The maximum Gasteiger partial charge on any atom is 0.324 e. The molecule has 0 radical (unpaired) electrons. The maximum atomic E-state index is 12.3. The molecule has 0 aliphatic carbocycles. The van der Waals surface area contributed by atoms with Crippen LogP contribution in [0.3, 0.4) is 0 Å². The second kappa shape index (κ2) is 7.37. The molecule has 3 rings (SSSR count). The van der Waals surface area contributed by atoms with Gasteiger partial charge in [-0.05, 0) is 25.1 Å². The van der Waals surface area contributed by atoms with Crippen LogP contribution in [0.1, 0.15) is 6.92 Å². The molecule has 10 heteroatoms. The molecule has 0 spiro atoms. The molecule has 2 heterocycles. The number of hydrogen-bond donors (Lipinski definition) is 2. The number of nitrogens with zero attached hydrogens (tertiary/aromatic N) is 3. The van der Waals surface area contributed by atoms with Gasteiger partial charge in [0.2, 0.25) is 11.0 Å². The number of imide groups is 1. The Balaban J connectivity index is 1.61. The first-order valence-corrected chi connectivity index (χ1v) is 9.22. The van der Waals surface area contributed by atoms with Gasteiger partial charge in [0.1, 0.15) is 0 Å². The highest BCUT2D eigenvalue weighted by atomic mass is 35.5. The molecule has 1 fully saturated rings. The van der Waals surface area contributed by atoms with E-state index in [1.54, 1.807) is 19.1 Å². The zero-order chi connectivity index (χ0) is 17.1. The lowest BCUT2D eigenvalue weighted by Gasteiger charge is -2.16. The zero-order valence-corrected chi connectivity index (χ0v) is 15.0. The monoisotopic (exact) mass is 383 g/mol. The smallest absolute Gasteiger partial charge is 0.324 e. The average molecular weight is 384 g/mol. The number of halogens is 1. The van der Waals surface area contributed by atoms with Crippen LogP contribution >= 0.6 is 34.7 Å². The Labute approximate surface area is 151 Å². The van der Waals surface area contributed by atoms with Gasteiger partial charge in [-0.1, -0.05) is 40.8 Å². The van der Waals surface area contributed by atoms with E-state index in [1.807, 2.05) is 12.1 Å². The van der Waals surface area contributed by atoms with E-state index in [9.17, 15) is 9.59 Å². The molecule has 1 saturated heterocycles. The summed E-state index contributed by atoms with van der Waals surface area (Å²) in [4.78, 5) is 25.0. The van der Waals surface area contributed by atoms with E-state index < -0.39 is 5.25 Å². The Morgan fingerprint density at radius 1 is 1.50 bits per heavy atom. The Morgan fingerprint density at radius 2 is 2.33 bits per heavy atom. The number of thioether (sulfide) groups is 1. The third kappa shape index (κ3) is 3.97. The zero-order valence-electron chi connectivity index (χ0n) is 12.7. The predicted molar refractivity (Wildman–Crippen MR) is 95.1 cm³/mol. The van der Waals surface area contributed by atoms with Crippen molar-refractivity contribution < 1.29 is 9.59 Å². The van der Waals surface area contributed by atoms with Crippen LogP contribution in [-0.2, 0) is 4.79 Å². The van der Waals surface area contributed by atoms with E-state index in [4.69, 9.17) is 11.6 Å². The third-order valence-electron chi connectivity index (χ3n) is 3.23. The molecule has 126 valence electrons. The first-order chi connectivity index (χ1) is 11.5. The molecule has 1 aliphatic heterocycles. The molecular formula is C14H14ClN5O2S2. The quantitative estimate of drug-likeness (QED) is 0.772. The fourth-order valence-corrected chi connectivity index (χ4v) is 4.27. The normalized spacial score (nSPS) is 15.2. The maximum absolute atomic E-state index is 12.3. The minimum Gasteiger partial charge on any atom is -0.336 e. The average Bonchev–Trinajstić information content (AvgIpc) is 3.15. The lowest BCUT2D eigenvalue weighted by Crippen LogP contribution is -2.38. The van der Waals surface area contributed by atoms with Crippen molar-refractivity contribution in [1.29, 1.82) is 0 Å². The highest BCUT2D eigenvalue weighted by molar-refractivity contribution is 8.02. The molecule has 1 aliphatic rings.